The van der Waals surface area contributed by atoms with Crippen LogP contribution in [0.3, 0.4) is 0 Å². The predicted molar refractivity (Wildman–Crippen MR) is 112 cm³/mol. The number of anilines is 1. The zero-order valence-electron chi connectivity index (χ0n) is 16.7. The molecule has 0 radical (unpaired) electrons. The molecule has 2 aromatic carbocycles. The number of morpholine rings is 1. The number of nitrogens with one attached hydrogen (secondary N) is 2. The van der Waals surface area contributed by atoms with Crippen LogP contribution in [0.1, 0.15) is 0 Å². The second-order valence-corrected chi connectivity index (χ2v) is 7.04. The van der Waals surface area contributed by atoms with E-state index in [0.29, 0.717) is 35.8 Å². The highest BCUT2D eigenvalue weighted by Crippen LogP contribution is 2.28. The molecule has 2 N–H and O–H groups in total. The molecule has 0 spiro atoms. The summed E-state index contributed by atoms with van der Waals surface area (Å²) in [5, 5.41) is 2.28. The minimum atomic E-state index is -0.584. The van der Waals surface area contributed by atoms with Crippen LogP contribution in [0.15, 0.2) is 42.6 Å². The van der Waals surface area contributed by atoms with Gasteiger partial charge in [-0.15, -0.1) is 0 Å². The maximum atomic E-state index is 14.7. The molecule has 1 aliphatic rings. The molecule has 0 atom stereocenters. The van der Waals surface area contributed by atoms with Crippen molar-refractivity contribution in [3.63, 3.8) is 0 Å². The van der Waals surface area contributed by atoms with E-state index in [2.05, 4.69) is 20.2 Å². The lowest BCUT2D eigenvalue weighted by Crippen LogP contribution is -2.38. The number of imidazole rings is 1. The SMILES string of the molecule is O=CNc1ccc(-c2c[nH]c(-c3ccc(OCCN4CCOCC4)cc3F)n2)cc1F. The van der Waals surface area contributed by atoms with E-state index in [1.165, 1.54) is 18.2 Å². The van der Waals surface area contributed by atoms with Crippen LogP contribution in [-0.4, -0.2) is 60.7 Å². The molecule has 1 aromatic heterocycles. The maximum Gasteiger partial charge on any atom is 0.211 e. The standard InChI is InChI=1S/C22H22F2N4O3/c23-18-12-16(31-10-7-28-5-8-30-9-6-28)2-3-17(18)22-25-13-21(27-22)15-1-4-20(26-14-29)19(24)11-15/h1-4,11-14H,5-10H2,(H,25,27)(H,26,29). The van der Waals surface area contributed by atoms with Crippen molar-refractivity contribution in [2.24, 2.45) is 0 Å². The van der Waals surface area contributed by atoms with Crippen LogP contribution in [0.2, 0.25) is 0 Å². The van der Waals surface area contributed by atoms with Crippen molar-refractivity contribution in [1.29, 1.82) is 0 Å². The first kappa shape index (κ1) is 21.0. The van der Waals surface area contributed by atoms with E-state index in [1.54, 1.807) is 24.4 Å². The van der Waals surface area contributed by atoms with Crippen LogP contribution in [0.25, 0.3) is 22.6 Å². The zero-order valence-corrected chi connectivity index (χ0v) is 16.7. The number of benzene rings is 2. The Balaban J connectivity index is 1.42. The Morgan fingerprint density at radius 2 is 2.00 bits per heavy atom. The minimum Gasteiger partial charge on any atom is -0.492 e. The maximum absolute atomic E-state index is 14.7. The number of aromatic amines is 1. The van der Waals surface area contributed by atoms with Gasteiger partial charge in [0.15, 0.2) is 0 Å². The molecule has 1 amide bonds. The number of ether oxygens (including phenoxy) is 2. The lowest BCUT2D eigenvalue weighted by Gasteiger charge is -2.26. The molecule has 0 unspecified atom stereocenters. The summed E-state index contributed by atoms with van der Waals surface area (Å²) < 4.78 is 39.7. The molecule has 0 aliphatic carbocycles. The fourth-order valence-electron chi connectivity index (χ4n) is 3.36. The molecule has 162 valence electrons. The van der Waals surface area contributed by atoms with Gasteiger partial charge in [0.1, 0.15) is 29.8 Å². The van der Waals surface area contributed by atoms with E-state index in [0.717, 1.165) is 32.8 Å². The van der Waals surface area contributed by atoms with Crippen molar-refractivity contribution in [2.45, 2.75) is 0 Å². The number of hydrogen-bond acceptors (Lipinski definition) is 5. The highest BCUT2D eigenvalue weighted by molar-refractivity contribution is 5.74. The Bertz CT molecular complexity index is 1050. The van der Waals surface area contributed by atoms with E-state index in [9.17, 15) is 13.6 Å². The molecule has 31 heavy (non-hydrogen) atoms. The summed E-state index contributed by atoms with van der Waals surface area (Å²) in [4.78, 5) is 20.0. The fraction of sp³-hybridized carbons (Fsp3) is 0.273. The lowest BCUT2D eigenvalue weighted by molar-refractivity contribution is -0.105. The van der Waals surface area contributed by atoms with Gasteiger partial charge in [-0.25, -0.2) is 13.8 Å². The average Bonchev–Trinajstić information content (AvgIpc) is 3.26. The van der Waals surface area contributed by atoms with Gasteiger partial charge in [-0.3, -0.25) is 9.69 Å². The van der Waals surface area contributed by atoms with E-state index >= 15 is 0 Å². The number of H-pyrrole nitrogens is 1. The van der Waals surface area contributed by atoms with Crippen molar-refractivity contribution in [2.75, 3.05) is 44.8 Å². The van der Waals surface area contributed by atoms with Crippen LogP contribution in [0.5, 0.6) is 5.75 Å². The molecule has 0 saturated carbocycles. The number of aromatic nitrogens is 2. The van der Waals surface area contributed by atoms with Crippen molar-refractivity contribution in [1.82, 2.24) is 14.9 Å². The number of rotatable bonds is 8. The van der Waals surface area contributed by atoms with Gasteiger partial charge in [0.05, 0.1) is 30.2 Å². The van der Waals surface area contributed by atoms with Gasteiger partial charge in [-0.05, 0) is 24.3 Å². The second-order valence-electron chi connectivity index (χ2n) is 7.04. The summed E-state index contributed by atoms with van der Waals surface area (Å²) in [6.07, 6.45) is 1.98. The number of amides is 1. The van der Waals surface area contributed by atoms with E-state index < -0.39 is 11.6 Å². The largest absolute Gasteiger partial charge is 0.492 e. The Hall–Kier alpha value is -3.30. The lowest BCUT2D eigenvalue weighted by atomic mass is 10.1. The minimum absolute atomic E-state index is 0.0739. The molecule has 3 aromatic rings. The Labute approximate surface area is 178 Å². The van der Waals surface area contributed by atoms with Gasteiger partial charge in [0.2, 0.25) is 6.41 Å². The van der Waals surface area contributed by atoms with E-state index in [1.807, 2.05) is 0 Å². The smallest absolute Gasteiger partial charge is 0.211 e. The normalized spacial score (nSPS) is 14.4. The third kappa shape index (κ3) is 5.07. The topological polar surface area (TPSA) is 79.5 Å². The van der Waals surface area contributed by atoms with Crippen LogP contribution < -0.4 is 10.1 Å². The van der Waals surface area contributed by atoms with Gasteiger partial charge >= 0.3 is 0 Å². The molecule has 2 heterocycles. The Kier molecular flexibility index (Phi) is 6.54. The molecule has 7 nitrogen and oxygen atoms in total. The first-order chi connectivity index (χ1) is 15.1. The van der Waals surface area contributed by atoms with E-state index in [4.69, 9.17) is 9.47 Å². The molecule has 9 heteroatoms. The summed E-state index contributed by atoms with van der Waals surface area (Å²) in [5.41, 5.74) is 1.31. The number of halogens is 2. The van der Waals surface area contributed by atoms with Crippen LogP contribution >= 0.6 is 0 Å². The molecule has 1 fully saturated rings. The molecule has 0 bridgehead atoms. The van der Waals surface area contributed by atoms with Crippen molar-refractivity contribution >= 4 is 12.1 Å². The number of hydrogen-bond donors (Lipinski definition) is 2. The second kappa shape index (κ2) is 9.67. The fourth-order valence-corrected chi connectivity index (χ4v) is 3.36. The first-order valence-electron chi connectivity index (χ1n) is 9.92. The predicted octanol–water partition coefficient (Wildman–Crippen LogP) is 3.30. The third-order valence-corrected chi connectivity index (χ3v) is 5.03. The van der Waals surface area contributed by atoms with Gasteiger partial charge in [-0.2, -0.15) is 0 Å². The van der Waals surface area contributed by atoms with Gasteiger partial charge < -0.3 is 19.8 Å². The average molecular weight is 428 g/mol. The van der Waals surface area contributed by atoms with Crippen LogP contribution in [0, 0.1) is 11.6 Å². The van der Waals surface area contributed by atoms with Crippen molar-refractivity contribution < 1.29 is 23.0 Å². The summed E-state index contributed by atoms with van der Waals surface area (Å²) in [6.45, 7) is 4.41. The Morgan fingerprint density at radius 1 is 1.16 bits per heavy atom. The third-order valence-electron chi connectivity index (χ3n) is 5.03. The van der Waals surface area contributed by atoms with Crippen LogP contribution in [-0.2, 0) is 9.53 Å². The summed E-state index contributed by atoms with van der Waals surface area (Å²) in [6, 6.07) is 8.94. The quantitative estimate of drug-likeness (QED) is 0.539. The zero-order chi connectivity index (χ0) is 21.6. The van der Waals surface area contributed by atoms with Crippen molar-refractivity contribution in [3.8, 4) is 28.4 Å². The number of carbonyl (C=O) groups excluding carboxylic acids is 1. The van der Waals surface area contributed by atoms with Gasteiger partial charge in [0, 0.05) is 37.5 Å². The summed E-state index contributed by atoms with van der Waals surface area (Å²) in [7, 11) is 0. The molecular formula is C22H22F2N4O3. The van der Waals surface area contributed by atoms with Gasteiger partial charge in [-0.1, -0.05) is 6.07 Å². The summed E-state index contributed by atoms with van der Waals surface area (Å²) >= 11 is 0. The van der Waals surface area contributed by atoms with E-state index in [-0.39, 0.29) is 11.3 Å². The molecule has 4 rings (SSSR count). The first-order valence-corrected chi connectivity index (χ1v) is 9.92. The number of nitrogens with zero attached hydrogens (tertiary/aromatic N) is 2. The molecule has 1 aliphatic heterocycles. The Morgan fingerprint density at radius 3 is 2.74 bits per heavy atom. The highest BCUT2D eigenvalue weighted by atomic mass is 19.1. The number of carbonyl (C=O) groups is 1. The molecular weight excluding hydrogens is 406 g/mol. The highest BCUT2D eigenvalue weighted by Gasteiger charge is 2.14. The monoisotopic (exact) mass is 428 g/mol. The van der Waals surface area contributed by atoms with Crippen molar-refractivity contribution in [3.05, 3.63) is 54.2 Å². The molecule has 1 saturated heterocycles. The summed E-state index contributed by atoms with van der Waals surface area (Å²) in [5.74, 6) is -0.287. The van der Waals surface area contributed by atoms with Crippen LogP contribution in [0.4, 0.5) is 14.5 Å². The van der Waals surface area contributed by atoms with Gasteiger partial charge in [0.25, 0.3) is 0 Å².